The van der Waals surface area contributed by atoms with Crippen molar-refractivity contribution in [2.24, 2.45) is 0 Å². The molecule has 1 N–H and O–H groups in total. The Hall–Kier alpha value is -2.91. The molecule has 1 saturated heterocycles. The second-order valence-corrected chi connectivity index (χ2v) is 10.7. The van der Waals surface area contributed by atoms with Crippen molar-refractivity contribution in [1.29, 1.82) is 0 Å². The average Bonchev–Trinajstić information content (AvgIpc) is 3.32. The van der Waals surface area contributed by atoms with Crippen LogP contribution in [0.15, 0.2) is 30.6 Å². The lowest BCUT2D eigenvalue weighted by Crippen LogP contribution is -2.37. The Kier molecular flexibility index (Phi) is 8.54. The number of nitrogens with zero attached hydrogens (tertiary/aromatic N) is 6. The quantitative estimate of drug-likeness (QED) is 0.393. The summed E-state index contributed by atoms with van der Waals surface area (Å²) < 4.78 is 53.3. The van der Waals surface area contributed by atoms with Gasteiger partial charge in [-0.25, -0.2) is 23.4 Å². The molecule has 1 aliphatic heterocycles. The maximum atomic E-state index is 13.5. The summed E-state index contributed by atoms with van der Waals surface area (Å²) in [5.74, 6) is 0.863. The Balaban J connectivity index is 1.70. The van der Waals surface area contributed by atoms with Gasteiger partial charge in [-0.2, -0.15) is 0 Å². The van der Waals surface area contributed by atoms with E-state index in [4.69, 9.17) is 30.5 Å². The fourth-order valence-corrected chi connectivity index (χ4v) is 5.12. The van der Waals surface area contributed by atoms with E-state index in [1.54, 1.807) is 22.8 Å². The molecule has 13 nitrogen and oxygen atoms in total. The van der Waals surface area contributed by atoms with Crippen molar-refractivity contribution in [3.05, 3.63) is 41.4 Å². The first-order valence-electron chi connectivity index (χ1n) is 11.4. The number of ether oxygens (including phenoxy) is 4. The third-order valence-electron chi connectivity index (χ3n) is 5.94. The monoisotopic (exact) mass is 553 g/mol. The Morgan fingerprint density at radius 1 is 1.16 bits per heavy atom. The number of hydrogen-bond donors (Lipinski definition) is 1. The number of rotatable bonds is 10. The normalized spacial score (nSPS) is 18.7. The molecule has 4 atom stereocenters. The summed E-state index contributed by atoms with van der Waals surface area (Å²) in [6, 6.07) is 4.77. The van der Waals surface area contributed by atoms with Crippen molar-refractivity contribution in [3.63, 3.8) is 0 Å². The van der Waals surface area contributed by atoms with Crippen LogP contribution in [0.3, 0.4) is 0 Å². The fourth-order valence-electron chi connectivity index (χ4n) is 3.88. The van der Waals surface area contributed by atoms with Crippen LogP contribution in [0.2, 0.25) is 5.02 Å². The molecule has 37 heavy (non-hydrogen) atoms. The smallest absolute Gasteiger partial charge is 0.240 e. The first-order chi connectivity index (χ1) is 17.7. The van der Waals surface area contributed by atoms with E-state index >= 15 is 0 Å². The minimum absolute atomic E-state index is 0.0139. The van der Waals surface area contributed by atoms with Gasteiger partial charge in [0.1, 0.15) is 23.2 Å². The molecule has 200 valence electrons. The van der Waals surface area contributed by atoms with Crippen molar-refractivity contribution in [2.75, 3.05) is 38.8 Å². The summed E-state index contributed by atoms with van der Waals surface area (Å²) >= 11 is 5.87. The van der Waals surface area contributed by atoms with Gasteiger partial charge in [-0.3, -0.25) is 9.29 Å². The zero-order valence-electron chi connectivity index (χ0n) is 20.7. The minimum Gasteiger partial charge on any atom is -0.481 e. The molecule has 4 rings (SSSR count). The predicted octanol–water partition coefficient (Wildman–Crippen LogP) is 2.29. The molecular formula is C22H28ClN7O6S. The molecule has 0 bridgehead atoms. The van der Waals surface area contributed by atoms with E-state index in [2.05, 4.69) is 29.9 Å². The Morgan fingerprint density at radius 2 is 1.92 bits per heavy atom. The van der Waals surface area contributed by atoms with Gasteiger partial charge < -0.3 is 18.9 Å². The van der Waals surface area contributed by atoms with Gasteiger partial charge in [-0.15, -0.1) is 10.2 Å². The number of hydrogen-bond acceptors (Lipinski definition) is 11. The van der Waals surface area contributed by atoms with Crippen LogP contribution < -0.4 is 9.46 Å². The lowest BCUT2D eigenvalue weighted by molar-refractivity contribution is -0.104. The standard InChI is InChI=1S/C22H28ClN7O6S/c1-13(17-12-35-8-9-36-17)30-21(16-6-5-7-18(26-16)33-3)27-28-22(30)29-37(31,32)14(2)19(34-4)20-24-10-15(23)11-25-20/h5-7,10-11,13-14,17,19H,8-9,12H2,1-4H3,(H,28,29)/t13?,14?,17-,19?/m0/s1. The summed E-state index contributed by atoms with van der Waals surface area (Å²) in [5.41, 5.74) is 0.443. The zero-order valence-corrected chi connectivity index (χ0v) is 22.3. The molecule has 15 heteroatoms. The van der Waals surface area contributed by atoms with Gasteiger partial charge in [0.25, 0.3) is 0 Å². The highest BCUT2D eigenvalue weighted by Gasteiger charge is 2.36. The molecule has 0 aromatic carbocycles. The SMILES string of the molecule is COc1cccc(-c2nnc(NS(=O)(=O)C(C)C(OC)c3ncc(Cl)cn3)n2C(C)[C@@H]2COCCO2)n1. The minimum atomic E-state index is -4.08. The molecule has 3 aromatic heterocycles. The number of nitrogens with one attached hydrogen (secondary N) is 1. The van der Waals surface area contributed by atoms with E-state index in [1.165, 1.54) is 33.5 Å². The summed E-state index contributed by atoms with van der Waals surface area (Å²) in [5, 5.41) is 7.63. The van der Waals surface area contributed by atoms with Gasteiger partial charge in [0.2, 0.25) is 21.9 Å². The third-order valence-corrected chi connectivity index (χ3v) is 7.83. The molecule has 3 aromatic rings. The molecule has 0 radical (unpaired) electrons. The average molecular weight is 554 g/mol. The summed E-state index contributed by atoms with van der Waals surface area (Å²) in [4.78, 5) is 12.7. The van der Waals surface area contributed by atoms with E-state index in [-0.39, 0.29) is 17.9 Å². The van der Waals surface area contributed by atoms with E-state index in [9.17, 15) is 8.42 Å². The number of anilines is 1. The van der Waals surface area contributed by atoms with Crippen molar-refractivity contribution in [2.45, 2.75) is 37.3 Å². The Labute approximate surface area is 219 Å². The lowest BCUT2D eigenvalue weighted by atomic mass is 10.1. The van der Waals surface area contributed by atoms with Gasteiger partial charge >= 0.3 is 0 Å². The highest BCUT2D eigenvalue weighted by molar-refractivity contribution is 7.93. The van der Waals surface area contributed by atoms with Crippen molar-refractivity contribution < 1.29 is 27.4 Å². The number of methoxy groups -OCH3 is 2. The largest absolute Gasteiger partial charge is 0.481 e. The van der Waals surface area contributed by atoms with Crippen LogP contribution in [-0.4, -0.2) is 83.5 Å². The summed E-state index contributed by atoms with van der Waals surface area (Å²) in [7, 11) is -1.19. The molecule has 0 amide bonds. The van der Waals surface area contributed by atoms with Gasteiger partial charge in [0.15, 0.2) is 11.6 Å². The molecule has 0 saturated carbocycles. The van der Waals surface area contributed by atoms with E-state index < -0.39 is 27.4 Å². The second kappa shape index (κ2) is 11.6. The molecule has 1 fully saturated rings. The zero-order chi connectivity index (χ0) is 26.6. The summed E-state index contributed by atoms with van der Waals surface area (Å²) in [6.07, 6.45) is 1.41. The highest BCUT2D eigenvalue weighted by atomic mass is 35.5. The van der Waals surface area contributed by atoms with E-state index in [1.807, 2.05) is 6.92 Å². The third kappa shape index (κ3) is 5.99. The van der Waals surface area contributed by atoms with Crippen LogP contribution in [0.1, 0.15) is 31.8 Å². The molecule has 0 spiro atoms. The maximum Gasteiger partial charge on any atom is 0.240 e. The molecule has 0 aliphatic carbocycles. The maximum absolute atomic E-state index is 13.5. The number of aromatic nitrogens is 6. The topological polar surface area (TPSA) is 152 Å². The molecule has 3 unspecified atom stereocenters. The fraction of sp³-hybridized carbons (Fsp3) is 0.500. The summed E-state index contributed by atoms with van der Waals surface area (Å²) in [6.45, 7) is 4.58. The molecule has 4 heterocycles. The van der Waals surface area contributed by atoms with Crippen LogP contribution in [0, 0.1) is 0 Å². The Bertz CT molecular complexity index is 1300. The van der Waals surface area contributed by atoms with Gasteiger partial charge in [0.05, 0.1) is 38.0 Å². The van der Waals surface area contributed by atoms with Gasteiger partial charge in [-0.05, 0) is 19.9 Å². The van der Waals surface area contributed by atoms with Crippen LogP contribution in [0.25, 0.3) is 11.5 Å². The first kappa shape index (κ1) is 27.1. The van der Waals surface area contributed by atoms with Gasteiger partial charge in [-0.1, -0.05) is 17.7 Å². The van der Waals surface area contributed by atoms with Gasteiger partial charge in [0, 0.05) is 25.6 Å². The second-order valence-electron chi connectivity index (χ2n) is 8.28. The van der Waals surface area contributed by atoms with Crippen molar-refractivity contribution in [1.82, 2.24) is 29.7 Å². The lowest BCUT2D eigenvalue weighted by Gasteiger charge is -2.30. The van der Waals surface area contributed by atoms with Crippen molar-refractivity contribution >= 4 is 27.6 Å². The Morgan fingerprint density at radius 3 is 2.57 bits per heavy atom. The molecular weight excluding hydrogens is 526 g/mol. The van der Waals surface area contributed by atoms with E-state index in [0.29, 0.717) is 42.2 Å². The van der Waals surface area contributed by atoms with Crippen LogP contribution in [-0.2, 0) is 24.2 Å². The highest BCUT2D eigenvalue weighted by Crippen LogP contribution is 2.31. The first-order valence-corrected chi connectivity index (χ1v) is 13.3. The number of halogens is 1. The van der Waals surface area contributed by atoms with Crippen LogP contribution in [0.5, 0.6) is 5.88 Å². The molecule has 1 aliphatic rings. The van der Waals surface area contributed by atoms with Crippen LogP contribution >= 0.6 is 11.6 Å². The number of sulfonamides is 1. The van der Waals surface area contributed by atoms with Crippen molar-refractivity contribution in [3.8, 4) is 17.4 Å². The predicted molar refractivity (Wildman–Crippen MR) is 134 cm³/mol. The van der Waals surface area contributed by atoms with Crippen LogP contribution in [0.4, 0.5) is 5.95 Å². The van der Waals surface area contributed by atoms with E-state index in [0.717, 1.165) is 0 Å². The number of pyridine rings is 1.